The predicted octanol–water partition coefficient (Wildman–Crippen LogP) is 3.07. The monoisotopic (exact) mass is 273 g/mol. The number of carbonyl (C=O) groups excluding carboxylic acids is 1. The topological polar surface area (TPSA) is 65.5 Å². The van der Waals surface area contributed by atoms with Crippen molar-refractivity contribution in [3.8, 4) is 0 Å². The fraction of sp³-hybridized carbons (Fsp3) is 0.312. The SMILES string of the molecule is COC(=O)/C(=C\c1ccc2cc(C(C)C)oc2c1)CN. The van der Waals surface area contributed by atoms with Crippen molar-refractivity contribution < 1.29 is 13.9 Å². The van der Waals surface area contributed by atoms with Gasteiger partial charge in [-0.3, -0.25) is 0 Å². The van der Waals surface area contributed by atoms with Crippen molar-refractivity contribution in [1.82, 2.24) is 0 Å². The molecule has 0 amide bonds. The van der Waals surface area contributed by atoms with Crippen LogP contribution in [0.15, 0.2) is 34.3 Å². The van der Waals surface area contributed by atoms with Crippen molar-refractivity contribution in [2.75, 3.05) is 13.7 Å². The standard InChI is InChI=1S/C16H19NO3/c1-10(2)14-8-12-5-4-11(7-15(12)20-14)6-13(9-17)16(18)19-3/h4-8,10H,9,17H2,1-3H3/b13-6-. The van der Waals surface area contributed by atoms with E-state index in [4.69, 9.17) is 10.2 Å². The molecule has 0 fully saturated rings. The molecule has 1 aromatic heterocycles. The van der Waals surface area contributed by atoms with E-state index in [1.807, 2.05) is 24.3 Å². The molecule has 1 heterocycles. The van der Waals surface area contributed by atoms with Crippen LogP contribution in [0.5, 0.6) is 0 Å². The normalized spacial score (nSPS) is 12.2. The number of methoxy groups -OCH3 is 1. The van der Waals surface area contributed by atoms with Gasteiger partial charge in [-0.1, -0.05) is 26.0 Å². The molecule has 0 spiro atoms. The minimum absolute atomic E-state index is 0.139. The maximum Gasteiger partial charge on any atom is 0.335 e. The number of ether oxygens (including phenoxy) is 1. The minimum atomic E-state index is -0.407. The van der Waals surface area contributed by atoms with Crippen molar-refractivity contribution in [3.63, 3.8) is 0 Å². The van der Waals surface area contributed by atoms with Gasteiger partial charge in [0.05, 0.1) is 12.7 Å². The largest absolute Gasteiger partial charge is 0.466 e. The summed E-state index contributed by atoms with van der Waals surface area (Å²) in [4.78, 5) is 11.5. The first-order chi connectivity index (χ1) is 9.55. The van der Waals surface area contributed by atoms with Crippen LogP contribution in [0.3, 0.4) is 0 Å². The average molecular weight is 273 g/mol. The zero-order chi connectivity index (χ0) is 14.7. The highest BCUT2D eigenvalue weighted by Crippen LogP contribution is 2.26. The molecule has 4 heteroatoms. The Kier molecular flexibility index (Phi) is 4.25. The van der Waals surface area contributed by atoms with Gasteiger partial charge in [0.25, 0.3) is 0 Å². The summed E-state index contributed by atoms with van der Waals surface area (Å²) in [5.74, 6) is 0.888. The van der Waals surface area contributed by atoms with Gasteiger partial charge in [0.1, 0.15) is 11.3 Å². The molecule has 0 radical (unpaired) electrons. The van der Waals surface area contributed by atoms with Gasteiger partial charge in [-0.2, -0.15) is 0 Å². The van der Waals surface area contributed by atoms with E-state index in [1.54, 1.807) is 6.08 Å². The Bertz CT molecular complexity index is 653. The van der Waals surface area contributed by atoms with Crippen LogP contribution in [-0.4, -0.2) is 19.6 Å². The smallest absolute Gasteiger partial charge is 0.335 e. The molecule has 0 saturated heterocycles. The van der Waals surface area contributed by atoms with E-state index in [-0.39, 0.29) is 6.54 Å². The second-order valence-electron chi connectivity index (χ2n) is 4.97. The Morgan fingerprint density at radius 3 is 2.75 bits per heavy atom. The molecule has 0 aliphatic heterocycles. The third-order valence-electron chi connectivity index (χ3n) is 3.14. The fourth-order valence-corrected chi connectivity index (χ4v) is 1.98. The maximum atomic E-state index is 11.5. The van der Waals surface area contributed by atoms with Gasteiger partial charge in [0, 0.05) is 17.8 Å². The first-order valence-corrected chi connectivity index (χ1v) is 6.57. The number of rotatable bonds is 4. The highest BCUT2D eigenvalue weighted by molar-refractivity contribution is 5.94. The van der Waals surface area contributed by atoms with E-state index in [0.29, 0.717) is 11.5 Å². The van der Waals surface area contributed by atoms with Crippen molar-refractivity contribution in [2.24, 2.45) is 5.73 Å². The van der Waals surface area contributed by atoms with E-state index < -0.39 is 5.97 Å². The van der Waals surface area contributed by atoms with Crippen LogP contribution in [-0.2, 0) is 9.53 Å². The molecule has 4 nitrogen and oxygen atoms in total. The van der Waals surface area contributed by atoms with E-state index in [9.17, 15) is 4.79 Å². The molecule has 0 unspecified atom stereocenters. The highest BCUT2D eigenvalue weighted by atomic mass is 16.5. The van der Waals surface area contributed by atoms with Crippen LogP contribution in [0, 0.1) is 0 Å². The van der Waals surface area contributed by atoms with Gasteiger partial charge >= 0.3 is 5.97 Å². The Morgan fingerprint density at radius 2 is 2.15 bits per heavy atom. The summed E-state index contributed by atoms with van der Waals surface area (Å²) in [6, 6.07) is 7.85. The Balaban J connectivity index is 2.40. The van der Waals surface area contributed by atoms with Crippen LogP contribution in [0.1, 0.15) is 31.1 Å². The summed E-state index contributed by atoms with van der Waals surface area (Å²) in [7, 11) is 1.34. The lowest BCUT2D eigenvalue weighted by Gasteiger charge is -2.02. The van der Waals surface area contributed by atoms with E-state index in [2.05, 4.69) is 18.6 Å². The lowest BCUT2D eigenvalue weighted by molar-refractivity contribution is -0.136. The van der Waals surface area contributed by atoms with Crippen LogP contribution in [0.4, 0.5) is 0 Å². The summed E-state index contributed by atoms with van der Waals surface area (Å²) >= 11 is 0. The molecule has 106 valence electrons. The van der Waals surface area contributed by atoms with Gasteiger partial charge in [0.15, 0.2) is 0 Å². The van der Waals surface area contributed by atoms with Crippen molar-refractivity contribution in [1.29, 1.82) is 0 Å². The molecular weight excluding hydrogens is 254 g/mol. The van der Waals surface area contributed by atoms with E-state index in [0.717, 1.165) is 22.3 Å². The number of nitrogens with two attached hydrogens (primary N) is 1. The summed E-state index contributed by atoms with van der Waals surface area (Å²) in [5.41, 5.74) is 7.67. The quantitative estimate of drug-likeness (QED) is 0.686. The van der Waals surface area contributed by atoms with Crippen molar-refractivity contribution >= 4 is 23.0 Å². The minimum Gasteiger partial charge on any atom is -0.466 e. The predicted molar refractivity (Wildman–Crippen MR) is 79.4 cm³/mol. The maximum absolute atomic E-state index is 11.5. The molecular formula is C16H19NO3. The first-order valence-electron chi connectivity index (χ1n) is 6.57. The van der Waals surface area contributed by atoms with Gasteiger partial charge in [-0.25, -0.2) is 4.79 Å². The van der Waals surface area contributed by atoms with Crippen LogP contribution in [0.25, 0.3) is 17.0 Å². The molecule has 0 bridgehead atoms. The molecule has 0 saturated carbocycles. The van der Waals surface area contributed by atoms with E-state index >= 15 is 0 Å². The molecule has 2 rings (SSSR count). The second-order valence-corrected chi connectivity index (χ2v) is 4.97. The molecule has 0 aliphatic rings. The molecule has 0 aliphatic carbocycles. The molecule has 2 aromatic rings. The Labute approximate surface area is 118 Å². The van der Waals surface area contributed by atoms with Crippen molar-refractivity contribution in [3.05, 3.63) is 41.2 Å². The third kappa shape index (κ3) is 2.91. The number of benzene rings is 1. The Morgan fingerprint density at radius 1 is 1.40 bits per heavy atom. The number of carbonyl (C=O) groups is 1. The van der Waals surface area contributed by atoms with Gasteiger partial charge in [-0.05, 0) is 23.8 Å². The number of hydrogen-bond donors (Lipinski definition) is 1. The second kappa shape index (κ2) is 5.92. The molecule has 2 N–H and O–H groups in total. The van der Waals surface area contributed by atoms with E-state index in [1.165, 1.54) is 7.11 Å². The molecule has 0 atom stereocenters. The number of fused-ring (bicyclic) bond motifs is 1. The molecule has 20 heavy (non-hydrogen) atoms. The summed E-state index contributed by atoms with van der Waals surface area (Å²) < 4.78 is 10.5. The van der Waals surface area contributed by atoms with Crippen molar-refractivity contribution in [2.45, 2.75) is 19.8 Å². The number of furan rings is 1. The van der Waals surface area contributed by atoms with Crippen LogP contribution in [0.2, 0.25) is 0 Å². The number of esters is 1. The van der Waals surface area contributed by atoms with Gasteiger partial charge in [-0.15, -0.1) is 0 Å². The zero-order valence-corrected chi connectivity index (χ0v) is 12.0. The average Bonchev–Trinajstić information content (AvgIpc) is 2.87. The fourth-order valence-electron chi connectivity index (χ4n) is 1.98. The van der Waals surface area contributed by atoms with Crippen LogP contribution < -0.4 is 5.73 Å². The third-order valence-corrected chi connectivity index (χ3v) is 3.14. The summed E-state index contributed by atoms with van der Waals surface area (Å²) in [5, 5.41) is 1.05. The molecule has 1 aromatic carbocycles. The summed E-state index contributed by atoms with van der Waals surface area (Å²) in [6.07, 6.45) is 1.73. The van der Waals surface area contributed by atoms with Crippen LogP contribution >= 0.6 is 0 Å². The van der Waals surface area contributed by atoms with Gasteiger partial charge < -0.3 is 14.9 Å². The number of hydrogen-bond acceptors (Lipinski definition) is 4. The Hall–Kier alpha value is -2.07. The zero-order valence-electron chi connectivity index (χ0n) is 12.0. The lowest BCUT2D eigenvalue weighted by Crippen LogP contribution is -2.13. The first kappa shape index (κ1) is 14.3. The highest BCUT2D eigenvalue weighted by Gasteiger charge is 2.10. The van der Waals surface area contributed by atoms with Gasteiger partial charge in [0.2, 0.25) is 0 Å². The lowest BCUT2D eigenvalue weighted by atomic mass is 10.1. The summed E-state index contributed by atoms with van der Waals surface area (Å²) in [6.45, 7) is 4.31.